The predicted molar refractivity (Wildman–Crippen MR) is 103 cm³/mol. The maximum absolute atomic E-state index is 5.52. The third kappa shape index (κ3) is 4.27. The van der Waals surface area contributed by atoms with Gasteiger partial charge in [-0.3, -0.25) is 0 Å². The van der Waals surface area contributed by atoms with Crippen LogP contribution in [0.15, 0.2) is 12.1 Å². The second-order valence-electron chi connectivity index (χ2n) is 6.70. The minimum atomic E-state index is 0.350. The minimum absolute atomic E-state index is 0.350. The van der Waals surface area contributed by atoms with Gasteiger partial charge >= 0.3 is 0 Å². The SMILES string of the molecule is CCC(CC)Nc1nc(C)c(-c2ccc(C(C)C)nc2OC)nc1C. The fraction of sp³-hybridized carbons (Fsp3) is 0.550. The molecular formula is C20H30N4O. The van der Waals surface area contributed by atoms with E-state index in [0.29, 0.717) is 17.8 Å². The zero-order chi connectivity index (χ0) is 18.6. The van der Waals surface area contributed by atoms with E-state index in [1.165, 1.54) is 0 Å². The van der Waals surface area contributed by atoms with Crippen LogP contribution in [-0.2, 0) is 0 Å². The lowest BCUT2D eigenvalue weighted by molar-refractivity contribution is 0.397. The first kappa shape index (κ1) is 19.2. The smallest absolute Gasteiger partial charge is 0.222 e. The van der Waals surface area contributed by atoms with Crippen LogP contribution >= 0.6 is 0 Å². The number of nitrogens with zero attached hydrogens (tertiary/aromatic N) is 3. The molecule has 0 saturated heterocycles. The Kier molecular flexibility index (Phi) is 6.34. The van der Waals surface area contributed by atoms with Crippen molar-refractivity contribution in [2.45, 2.75) is 66.3 Å². The third-order valence-corrected chi connectivity index (χ3v) is 4.49. The molecule has 25 heavy (non-hydrogen) atoms. The maximum atomic E-state index is 5.52. The van der Waals surface area contributed by atoms with Gasteiger partial charge in [0.15, 0.2) is 0 Å². The van der Waals surface area contributed by atoms with Crippen molar-refractivity contribution in [3.63, 3.8) is 0 Å². The van der Waals surface area contributed by atoms with E-state index >= 15 is 0 Å². The number of methoxy groups -OCH3 is 1. The van der Waals surface area contributed by atoms with Crippen LogP contribution in [0.3, 0.4) is 0 Å². The van der Waals surface area contributed by atoms with Crippen molar-refractivity contribution in [1.29, 1.82) is 0 Å². The summed E-state index contributed by atoms with van der Waals surface area (Å²) >= 11 is 0. The van der Waals surface area contributed by atoms with Gasteiger partial charge < -0.3 is 10.1 Å². The van der Waals surface area contributed by atoms with Crippen LogP contribution in [0.1, 0.15) is 63.5 Å². The first-order chi connectivity index (χ1) is 11.9. The van der Waals surface area contributed by atoms with E-state index in [1.54, 1.807) is 7.11 Å². The second-order valence-corrected chi connectivity index (χ2v) is 6.70. The summed E-state index contributed by atoms with van der Waals surface area (Å²) in [4.78, 5) is 14.2. The molecule has 0 fully saturated rings. The molecule has 136 valence electrons. The summed E-state index contributed by atoms with van der Waals surface area (Å²) in [5.41, 5.74) is 4.48. The molecular weight excluding hydrogens is 312 g/mol. The van der Waals surface area contributed by atoms with Gasteiger partial charge in [0.2, 0.25) is 5.88 Å². The van der Waals surface area contributed by atoms with Crippen molar-refractivity contribution in [2.75, 3.05) is 12.4 Å². The normalized spacial score (nSPS) is 11.2. The lowest BCUT2D eigenvalue weighted by Crippen LogP contribution is -2.19. The number of ether oxygens (including phenoxy) is 1. The highest BCUT2D eigenvalue weighted by molar-refractivity contribution is 5.68. The van der Waals surface area contributed by atoms with Crippen molar-refractivity contribution in [1.82, 2.24) is 15.0 Å². The molecule has 0 aromatic carbocycles. The zero-order valence-corrected chi connectivity index (χ0v) is 16.5. The van der Waals surface area contributed by atoms with Crippen molar-refractivity contribution in [3.05, 3.63) is 29.2 Å². The molecule has 0 bridgehead atoms. The van der Waals surface area contributed by atoms with Crippen LogP contribution in [0.5, 0.6) is 5.88 Å². The Bertz CT molecular complexity index is 724. The highest BCUT2D eigenvalue weighted by atomic mass is 16.5. The molecule has 1 N–H and O–H groups in total. The molecule has 0 saturated carbocycles. The van der Waals surface area contributed by atoms with Crippen LogP contribution < -0.4 is 10.1 Å². The van der Waals surface area contributed by atoms with Gasteiger partial charge in [0.25, 0.3) is 0 Å². The second kappa shape index (κ2) is 8.28. The van der Waals surface area contributed by atoms with Crippen molar-refractivity contribution < 1.29 is 4.74 Å². The van der Waals surface area contributed by atoms with E-state index in [0.717, 1.165) is 47.0 Å². The van der Waals surface area contributed by atoms with Crippen molar-refractivity contribution in [3.8, 4) is 17.1 Å². The van der Waals surface area contributed by atoms with Gasteiger partial charge in [0.05, 0.1) is 29.8 Å². The number of nitrogens with one attached hydrogen (secondary N) is 1. The average Bonchev–Trinajstić information content (AvgIpc) is 2.61. The molecule has 0 aliphatic heterocycles. The van der Waals surface area contributed by atoms with E-state index in [1.807, 2.05) is 26.0 Å². The van der Waals surface area contributed by atoms with E-state index in [-0.39, 0.29) is 0 Å². The van der Waals surface area contributed by atoms with E-state index in [2.05, 4.69) is 38.0 Å². The summed E-state index contributed by atoms with van der Waals surface area (Å²) < 4.78 is 5.52. The number of pyridine rings is 1. The standard InChI is InChI=1S/C20H30N4O/c1-8-15(9-2)23-19-14(6)21-18(13(5)22-19)16-10-11-17(12(3)4)24-20(16)25-7/h10-12,15H,8-9H2,1-7H3,(H,22,23). The van der Waals surface area contributed by atoms with Gasteiger partial charge in [-0.25, -0.2) is 15.0 Å². The third-order valence-electron chi connectivity index (χ3n) is 4.49. The van der Waals surface area contributed by atoms with Crippen LogP contribution in [0.4, 0.5) is 5.82 Å². The molecule has 2 aromatic rings. The molecule has 2 heterocycles. The quantitative estimate of drug-likeness (QED) is 0.776. The number of hydrogen-bond acceptors (Lipinski definition) is 5. The largest absolute Gasteiger partial charge is 0.480 e. The first-order valence-electron chi connectivity index (χ1n) is 9.08. The van der Waals surface area contributed by atoms with Gasteiger partial charge in [-0.2, -0.15) is 0 Å². The Hall–Kier alpha value is -2.17. The maximum Gasteiger partial charge on any atom is 0.222 e. The molecule has 0 amide bonds. The Balaban J connectivity index is 2.45. The minimum Gasteiger partial charge on any atom is -0.480 e. The molecule has 5 nitrogen and oxygen atoms in total. The molecule has 0 aliphatic carbocycles. The van der Waals surface area contributed by atoms with Gasteiger partial charge in [-0.05, 0) is 44.7 Å². The average molecular weight is 342 g/mol. The first-order valence-corrected chi connectivity index (χ1v) is 9.08. The molecule has 5 heteroatoms. The van der Waals surface area contributed by atoms with Crippen LogP contribution in [0, 0.1) is 13.8 Å². The molecule has 0 radical (unpaired) electrons. The highest BCUT2D eigenvalue weighted by Crippen LogP contribution is 2.31. The van der Waals surface area contributed by atoms with E-state index in [9.17, 15) is 0 Å². The lowest BCUT2D eigenvalue weighted by atomic mass is 10.1. The number of hydrogen-bond donors (Lipinski definition) is 1. The van der Waals surface area contributed by atoms with Crippen molar-refractivity contribution >= 4 is 5.82 Å². The fourth-order valence-electron chi connectivity index (χ4n) is 2.79. The molecule has 0 aliphatic rings. The zero-order valence-electron chi connectivity index (χ0n) is 16.5. The van der Waals surface area contributed by atoms with E-state index < -0.39 is 0 Å². The highest BCUT2D eigenvalue weighted by Gasteiger charge is 2.17. The monoisotopic (exact) mass is 342 g/mol. The number of rotatable bonds is 7. The summed E-state index contributed by atoms with van der Waals surface area (Å²) in [7, 11) is 1.65. The molecule has 2 aromatic heterocycles. The fourth-order valence-corrected chi connectivity index (χ4v) is 2.79. The van der Waals surface area contributed by atoms with E-state index in [4.69, 9.17) is 14.7 Å². The van der Waals surface area contributed by atoms with Crippen LogP contribution in [0.25, 0.3) is 11.3 Å². The van der Waals surface area contributed by atoms with Gasteiger partial charge in [-0.15, -0.1) is 0 Å². The summed E-state index contributed by atoms with van der Waals surface area (Å²) in [5.74, 6) is 1.81. The number of aryl methyl sites for hydroxylation is 2. The predicted octanol–water partition coefficient (Wildman–Crippen LogP) is 4.89. The molecule has 0 spiro atoms. The van der Waals surface area contributed by atoms with Crippen LogP contribution in [-0.4, -0.2) is 28.1 Å². The Morgan fingerprint density at radius 2 is 1.68 bits per heavy atom. The molecule has 2 rings (SSSR count). The Morgan fingerprint density at radius 3 is 2.24 bits per heavy atom. The number of anilines is 1. The Labute approximate surface area is 151 Å². The number of aromatic nitrogens is 3. The summed E-state index contributed by atoms with van der Waals surface area (Å²) in [6.07, 6.45) is 2.12. The molecule has 0 unspecified atom stereocenters. The topological polar surface area (TPSA) is 59.9 Å². The summed E-state index contributed by atoms with van der Waals surface area (Å²) in [6.45, 7) is 12.6. The van der Waals surface area contributed by atoms with Gasteiger partial charge in [0, 0.05) is 11.7 Å². The Morgan fingerprint density at radius 1 is 1.00 bits per heavy atom. The summed E-state index contributed by atoms with van der Waals surface area (Å²) in [5, 5.41) is 3.50. The summed E-state index contributed by atoms with van der Waals surface area (Å²) in [6, 6.07) is 4.49. The van der Waals surface area contributed by atoms with Gasteiger partial charge in [-0.1, -0.05) is 27.7 Å². The van der Waals surface area contributed by atoms with Crippen LogP contribution in [0.2, 0.25) is 0 Å². The van der Waals surface area contributed by atoms with Gasteiger partial charge in [0.1, 0.15) is 5.82 Å². The van der Waals surface area contributed by atoms with Crippen molar-refractivity contribution in [2.24, 2.45) is 0 Å². The lowest BCUT2D eigenvalue weighted by Gasteiger charge is -2.19. The molecule has 0 atom stereocenters.